The van der Waals surface area contributed by atoms with Crippen molar-refractivity contribution in [1.29, 1.82) is 0 Å². The summed E-state index contributed by atoms with van der Waals surface area (Å²) in [6, 6.07) is 27.1. The highest BCUT2D eigenvalue weighted by molar-refractivity contribution is 5.88. The number of hydrazone groups is 1. The molecule has 1 aliphatic carbocycles. The van der Waals surface area contributed by atoms with Gasteiger partial charge in [0.05, 0.1) is 12.1 Å². The Balaban J connectivity index is 1.55. The van der Waals surface area contributed by atoms with E-state index in [0.717, 1.165) is 17.5 Å². The van der Waals surface area contributed by atoms with E-state index in [1.165, 1.54) is 6.21 Å². The molecule has 3 aromatic carbocycles. The van der Waals surface area contributed by atoms with Gasteiger partial charge in [-0.1, -0.05) is 72.8 Å². The van der Waals surface area contributed by atoms with Crippen LogP contribution in [0.3, 0.4) is 0 Å². The van der Waals surface area contributed by atoms with Gasteiger partial charge < -0.3 is 5.11 Å². The van der Waals surface area contributed by atoms with Gasteiger partial charge in [-0.15, -0.1) is 0 Å². The minimum atomic E-state index is -0.309. The van der Waals surface area contributed by atoms with Crippen molar-refractivity contribution in [3.63, 3.8) is 0 Å². The van der Waals surface area contributed by atoms with E-state index in [-0.39, 0.29) is 23.0 Å². The van der Waals surface area contributed by atoms with Crippen LogP contribution in [0.25, 0.3) is 0 Å². The third-order valence-electron chi connectivity index (χ3n) is 5.17. The van der Waals surface area contributed by atoms with Crippen molar-refractivity contribution in [2.24, 2.45) is 11.0 Å². The molecule has 4 rings (SSSR count). The Morgan fingerprint density at radius 1 is 0.926 bits per heavy atom. The first kappa shape index (κ1) is 17.0. The van der Waals surface area contributed by atoms with E-state index < -0.39 is 0 Å². The summed E-state index contributed by atoms with van der Waals surface area (Å²) in [6.45, 7) is 0. The quantitative estimate of drug-likeness (QED) is 0.539. The maximum atomic E-state index is 12.8. The van der Waals surface area contributed by atoms with Crippen molar-refractivity contribution in [2.45, 2.75) is 11.8 Å². The Hall–Kier alpha value is -3.40. The molecule has 0 saturated heterocycles. The molecule has 1 atom stereocenters. The first-order chi connectivity index (χ1) is 13.2. The van der Waals surface area contributed by atoms with Crippen LogP contribution in [-0.4, -0.2) is 17.2 Å². The number of nitrogens with zero attached hydrogens (tertiary/aromatic N) is 1. The highest BCUT2D eigenvalue weighted by atomic mass is 16.3. The number of amides is 1. The number of aromatic hydroxyl groups is 1. The van der Waals surface area contributed by atoms with Gasteiger partial charge in [-0.2, -0.15) is 5.10 Å². The third kappa shape index (κ3) is 3.22. The molecule has 0 heterocycles. The Labute approximate surface area is 158 Å². The van der Waals surface area contributed by atoms with Gasteiger partial charge >= 0.3 is 0 Å². The highest BCUT2D eigenvalue weighted by Gasteiger charge is 2.60. The number of para-hydroxylation sites is 1. The molecule has 1 saturated carbocycles. The molecular weight excluding hydrogens is 336 g/mol. The molecule has 0 bridgehead atoms. The van der Waals surface area contributed by atoms with E-state index in [1.807, 2.05) is 36.4 Å². The SMILES string of the molecule is O=C(N/N=C\c1ccccc1O)[C@@H]1CC1(c1ccccc1)c1ccccc1. The minimum absolute atomic E-state index is 0.116. The van der Waals surface area contributed by atoms with Gasteiger partial charge in [-0.25, -0.2) is 5.43 Å². The van der Waals surface area contributed by atoms with Gasteiger partial charge in [-0.3, -0.25) is 4.79 Å². The van der Waals surface area contributed by atoms with E-state index in [0.29, 0.717) is 5.56 Å². The summed E-state index contributed by atoms with van der Waals surface area (Å²) in [5, 5.41) is 13.8. The Morgan fingerprint density at radius 3 is 2.07 bits per heavy atom. The molecule has 1 aliphatic rings. The molecule has 3 aromatic rings. The molecule has 1 amide bonds. The highest BCUT2D eigenvalue weighted by Crippen LogP contribution is 2.58. The van der Waals surface area contributed by atoms with E-state index >= 15 is 0 Å². The molecule has 134 valence electrons. The van der Waals surface area contributed by atoms with E-state index in [1.54, 1.807) is 24.3 Å². The molecule has 4 heteroatoms. The summed E-state index contributed by atoms with van der Waals surface area (Å²) in [6.07, 6.45) is 2.21. The zero-order valence-corrected chi connectivity index (χ0v) is 14.7. The van der Waals surface area contributed by atoms with Gasteiger partial charge in [0, 0.05) is 11.0 Å². The molecule has 0 aliphatic heterocycles. The van der Waals surface area contributed by atoms with Gasteiger partial charge in [-0.05, 0) is 29.7 Å². The summed E-state index contributed by atoms with van der Waals surface area (Å²) in [5.74, 6) is -0.164. The fourth-order valence-corrected chi connectivity index (χ4v) is 3.70. The summed E-state index contributed by atoms with van der Waals surface area (Å²) < 4.78 is 0. The average Bonchev–Trinajstić information content (AvgIpc) is 3.48. The second-order valence-electron chi connectivity index (χ2n) is 6.75. The van der Waals surface area contributed by atoms with Crippen LogP contribution in [0.4, 0.5) is 0 Å². The zero-order valence-electron chi connectivity index (χ0n) is 14.7. The first-order valence-corrected chi connectivity index (χ1v) is 8.94. The van der Waals surface area contributed by atoms with Gasteiger partial charge in [0.2, 0.25) is 5.91 Å². The number of rotatable bonds is 5. The fourth-order valence-electron chi connectivity index (χ4n) is 3.70. The summed E-state index contributed by atoms with van der Waals surface area (Å²) >= 11 is 0. The molecule has 27 heavy (non-hydrogen) atoms. The lowest BCUT2D eigenvalue weighted by Gasteiger charge is -2.18. The number of hydrogen-bond acceptors (Lipinski definition) is 3. The van der Waals surface area contributed by atoms with Crippen LogP contribution in [0.2, 0.25) is 0 Å². The van der Waals surface area contributed by atoms with Crippen molar-refractivity contribution < 1.29 is 9.90 Å². The molecule has 0 spiro atoms. The standard InChI is InChI=1S/C23H20N2O2/c26-21-14-8-7-9-17(21)16-24-25-22(27)20-15-23(20,18-10-3-1-4-11-18)19-12-5-2-6-13-19/h1-14,16,20,26H,15H2,(H,25,27)/b24-16-/t20-/m0/s1. The van der Waals surface area contributed by atoms with E-state index in [4.69, 9.17) is 0 Å². The van der Waals surface area contributed by atoms with Crippen molar-refractivity contribution in [2.75, 3.05) is 0 Å². The minimum Gasteiger partial charge on any atom is -0.507 e. The smallest absolute Gasteiger partial charge is 0.244 e. The molecule has 4 nitrogen and oxygen atoms in total. The van der Waals surface area contributed by atoms with Crippen LogP contribution >= 0.6 is 0 Å². The van der Waals surface area contributed by atoms with Gasteiger partial charge in [0.1, 0.15) is 5.75 Å². The zero-order chi connectivity index (χ0) is 18.7. The summed E-state index contributed by atoms with van der Waals surface area (Å²) in [7, 11) is 0. The maximum Gasteiger partial charge on any atom is 0.244 e. The first-order valence-electron chi connectivity index (χ1n) is 8.94. The topological polar surface area (TPSA) is 61.7 Å². The Kier molecular flexibility index (Phi) is 4.47. The molecule has 0 unspecified atom stereocenters. The number of nitrogens with one attached hydrogen (secondary N) is 1. The van der Waals surface area contributed by atoms with Crippen molar-refractivity contribution >= 4 is 12.1 Å². The number of phenolic OH excluding ortho intramolecular Hbond substituents is 1. The molecule has 0 aromatic heterocycles. The lowest BCUT2D eigenvalue weighted by Crippen LogP contribution is -2.25. The molecule has 2 N–H and O–H groups in total. The average molecular weight is 356 g/mol. The van der Waals surface area contributed by atoms with Crippen molar-refractivity contribution in [1.82, 2.24) is 5.43 Å². The van der Waals surface area contributed by atoms with Crippen LogP contribution in [0.1, 0.15) is 23.1 Å². The number of benzene rings is 3. The van der Waals surface area contributed by atoms with Crippen LogP contribution in [0.5, 0.6) is 5.75 Å². The maximum absolute atomic E-state index is 12.8. The fraction of sp³-hybridized carbons (Fsp3) is 0.130. The monoisotopic (exact) mass is 356 g/mol. The number of phenols is 1. The Bertz CT molecular complexity index is 928. The predicted octanol–water partition coefficient (Wildman–Crippen LogP) is 3.85. The summed E-state index contributed by atoms with van der Waals surface area (Å²) in [4.78, 5) is 12.8. The predicted molar refractivity (Wildman–Crippen MR) is 106 cm³/mol. The molecule has 1 fully saturated rings. The number of carbonyl (C=O) groups excluding carboxylic acids is 1. The van der Waals surface area contributed by atoms with Crippen LogP contribution < -0.4 is 5.43 Å². The molecular formula is C23H20N2O2. The lowest BCUT2D eigenvalue weighted by atomic mass is 9.85. The normalized spacial score (nSPS) is 17.6. The van der Waals surface area contributed by atoms with Crippen LogP contribution in [-0.2, 0) is 10.2 Å². The lowest BCUT2D eigenvalue weighted by molar-refractivity contribution is -0.122. The van der Waals surface area contributed by atoms with Crippen molar-refractivity contribution in [3.05, 3.63) is 102 Å². The second-order valence-corrected chi connectivity index (χ2v) is 6.75. The van der Waals surface area contributed by atoms with Crippen LogP contribution in [0, 0.1) is 5.92 Å². The summed E-state index contributed by atoms with van der Waals surface area (Å²) in [5.41, 5.74) is 5.17. The van der Waals surface area contributed by atoms with Gasteiger partial charge in [0.25, 0.3) is 0 Å². The van der Waals surface area contributed by atoms with E-state index in [2.05, 4.69) is 34.8 Å². The number of carbonyl (C=O) groups is 1. The number of hydrogen-bond donors (Lipinski definition) is 2. The third-order valence-corrected chi connectivity index (χ3v) is 5.17. The Morgan fingerprint density at radius 2 is 1.48 bits per heavy atom. The second kappa shape index (κ2) is 7.08. The largest absolute Gasteiger partial charge is 0.507 e. The van der Waals surface area contributed by atoms with Gasteiger partial charge in [0.15, 0.2) is 0 Å². The van der Waals surface area contributed by atoms with Crippen LogP contribution in [0.15, 0.2) is 90.0 Å². The van der Waals surface area contributed by atoms with E-state index in [9.17, 15) is 9.90 Å². The van der Waals surface area contributed by atoms with Crippen molar-refractivity contribution in [3.8, 4) is 5.75 Å². The molecule has 0 radical (unpaired) electrons.